The number of carbonyl (C=O) groups excluding carboxylic acids is 1. The van der Waals surface area contributed by atoms with Crippen LogP contribution in [0.1, 0.15) is 44.1 Å². The van der Waals surface area contributed by atoms with E-state index in [1.165, 1.54) is 0 Å². The fourth-order valence-electron chi connectivity index (χ4n) is 1.83. The molecule has 1 aromatic rings. The third-order valence-corrected chi connectivity index (χ3v) is 2.87. The van der Waals surface area contributed by atoms with Crippen molar-refractivity contribution in [3.05, 3.63) is 35.9 Å². The van der Waals surface area contributed by atoms with E-state index in [0.717, 1.165) is 18.4 Å². The summed E-state index contributed by atoms with van der Waals surface area (Å²) in [5, 5.41) is 8.92. The number of benzene rings is 1. The number of aliphatic carboxylic acids is 1. The second kappa shape index (κ2) is 8.29. The zero-order valence-electron chi connectivity index (χ0n) is 11.2. The van der Waals surface area contributed by atoms with E-state index in [2.05, 4.69) is 0 Å². The van der Waals surface area contributed by atoms with Crippen LogP contribution in [0.2, 0.25) is 0 Å². The maximum Gasteiger partial charge on any atom is 0.306 e. The number of unbranched alkanes of at least 4 members (excludes halogenated alkanes) is 1. The summed E-state index contributed by atoms with van der Waals surface area (Å²) in [7, 11) is 0. The number of rotatable bonds is 8. The molecule has 19 heavy (non-hydrogen) atoms. The van der Waals surface area contributed by atoms with Gasteiger partial charge < -0.3 is 9.84 Å². The molecule has 4 nitrogen and oxygen atoms in total. The van der Waals surface area contributed by atoms with Crippen molar-refractivity contribution >= 4 is 11.9 Å². The number of ether oxygens (including phenoxy) is 1. The average molecular weight is 264 g/mol. The van der Waals surface area contributed by atoms with Crippen molar-refractivity contribution in [1.29, 1.82) is 0 Å². The van der Waals surface area contributed by atoms with E-state index in [-0.39, 0.29) is 24.7 Å². The molecule has 0 saturated heterocycles. The van der Waals surface area contributed by atoms with Crippen LogP contribution in [0.5, 0.6) is 0 Å². The third kappa shape index (κ3) is 6.04. The van der Waals surface area contributed by atoms with E-state index in [1.807, 2.05) is 37.3 Å². The van der Waals surface area contributed by atoms with Gasteiger partial charge in [0, 0.05) is 5.92 Å². The fourth-order valence-corrected chi connectivity index (χ4v) is 1.83. The molecule has 0 bridgehead atoms. The van der Waals surface area contributed by atoms with E-state index in [4.69, 9.17) is 9.84 Å². The Labute approximate surface area is 113 Å². The van der Waals surface area contributed by atoms with Crippen LogP contribution in [-0.4, -0.2) is 23.7 Å². The highest BCUT2D eigenvalue weighted by molar-refractivity contribution is 5.73. The summed E-state index contributed by atoms with van der Waals surface area (Å²) in [6.45, 7) is 2.43. The van der Waals surface area contributed by atoms with Gasteiger partial charge in [0.15, 0.2) is 0 Å². The molecule has 0 aliphatic carbocycles. The molecular weight excluding hydrogens is 244 g/mol. The van der Waals surface area contributed by atoms with Gasteiger partial charge in [-0.3, -0.25) is 9.59 Å². The van der Waals surface area contributed by atoms with Crippen LogP contribution in [0.4, 0.5) is 0 Å². The zero-order valence-corrected chi connectivity index (χ0v) is 11.2. The van der Waals surface area contributed by atoms with Gasteiger partial charge in [-0.05, 0) is 12.0 Å². The van der Waals surface area contributed by atoms with E-state index >= 15 is 0 Å². The van der Waals surface area contributed by atoms with Gasteiger partial charge >= 0.3 is 11.9 Å². The second-order valence-corrected chi connectivity index (χ2v) is 4.48. The third-order valence-electron chi connectivity index (χ3n) is 2.87. The first-order chi connectivity index (χ1) is 9.13. The van der Waals surface area contributed by atoms with Gasteiger partial charge in [0.05, 0.1) is 19.4 Å². The molecule has 0 heterocycles. The van der Waals surface area contributed by atoms with Crippen LogP contribution >= 0.6 is 0 Å². The van der Waals surface area contributed by atoms with Gasteiger partial charge in [0.1, 0.15) is 0 Å². The van der Waals surface area contributed by atoms with Crippen LogP contribution in [-0.2, 0) is 14.3 Å². The maximum absolute atomic E-state index is 11.7. The lowest BCUT2D eigenvalue weighted by atomic mass is 9.93. The zero-order chi connectivity index (χ0) is 14.1. The molecule has 0 amide bonds. The number of carbonyl (C=O) groups is 2. The molecule has 1 N–H and O–H groups in total. The summed E-state index contributed by atoms with van der Waals surface area (Å²) in [6, 6.07) is 9.22. The second-order valence-electron chi connectivity index (χ2n) is 4.48. The fraction of sp³-hybridized carbons (Fsp3) is 0.467. The highest BCUT2D eigenvalue weighted by Gasteiger charge is 2.19. The summed E-state index contributed by atoms with van der Waals surface area (Å²) in [5.74, 6) is -1.56. The summed E-state index contributed by atoms with van der Waals surface area (Å²) in [4.78, 5) is 22.5. The van der Waals surface area contributed by atoms with E-state index in [0.29, 0.717) is 6.61 Å². The van der Waals surface area contributed by atoms with Gasteiger partial charge in [-0.1, -0.05) is 43.7 Å². The van der Waals surface area contributed by atoms with Gasteiger partial charge in [-0.15, -0.1) is 0 Å². The van der Waals surface area contributed by atoms with Crippen molar-refractivity contribution in [2.24, 2.45) is 0 Å². The Morgan fingerprint density at radius 3 is 2.47 bits per heavy atom. The predicted octanol–water partition coefficient (Wildman–Crippen LogP) is 2.98. The smallest absolute Gasteiger partial charge is 0.306 e. The van der Waals surface area contributed by atoms with Crippen molar-refractivity contribution in [1.82, 2.24) is 0 Å². The Hall–Kier alpha value is -1.84. The number of carboxylic acid groups (broad SMARTS) is 1. The minimum atomic E-state index is -0.907. The molecule has 0 aliphatic heterocycles. The lowest BCUT2D eigenvalue weighted by Crippen LogP contribution is -2.14. The van der Waals surface area contributed by atoms with Crippen LogP contribution in [0.25, 0.3) is 0 Å². The maximum atomic E-state index is 11.7. The molecule has 0 aliphatic rings. The molecule has 1 atom stereocenters. The standard InChI is InChI=1S/C15H20O4/c1-2-3-9-19-15(18)11-13(10-14(16)17)12-7-5-4-6-8-12/h4-8,13H,2-3,9-11H2,1H3,(H,16,17). The molecule has 4 heteroatoms. The molecule has 0 spiro atoms. The summed E-state index contributed by atoms with van der Waals surface area (Å²) in [6.07, 6.45) is 1.85. The molecule has 1 rings (SSSR count). The van der Waals surface area contributed by atoms with E-state index < -0.39 is 5.97 Å². The first-order valence-corrected chi connectivity index (χ1v) is 6.55. The molecule has 0 saturated carbocycles. The Bertz CT molecular complexity index is 400. The van der Waals surface area contributed by atoms with Crippen molar-refractivity contribution in [3.63, 3.8) is 0 Å². The Morgan fingerprint density at radius 1 is 1.21 bits per heavy atom. The number of hydrogen-bond donors (Lipinski definition) is 1. The molecular formula is C15H20O4. The van der Waals surface area contributed by atoms with Gasteiger partial charge in [0.2, 0.25) is 0 Å². The number of hydrogen-bond acceptors (Lipinski definition) is 3. The first-order valence-electron chi connectivity index (χ1n) is 6.55. The van der Waals surface area contributed by atoms with Crippen LogP contribution in [0.3, 0.4) is 0 Å². The molecule has 0 fully saturated rings. The highest BCUT2D eigenvalue weighted by Crippen LogP contribution is 2.23. The predicted molar refractivity (Wildman–Crippen MR) is 71.9 cm³/mol. The highest BCUT2D eigenvalue weighted by atomic mass is 16.5. The normalized spacial score (nSPS) is 11.8. The monoisotopic (exact) mass is 264 g/mol. The van der Waals surface area contributed by atoms with Crippen molar-refractivity contribution < 1.29 is 19.4 Å². The van der Waals surface area contributed by atoms with Crippen LogP contribution in [0, 0.1) is 0 Å². The lowest BCUT2D eigenvalue weighted by Gasteiger charge is -2.14. The quantitative estimate of drug-likeness (QED) is 0.579. The Balaban J connectivity index is 2.60. The summed E-state index contributed by atoms with van der Waals surface area (Å²) in [5.41, 5.74) is 0.859. The SMILES string of the molecule is CCCCOC(=O)CC(CC(=O)O)c1ccccc1. The first kappa shape index (κ1) is 15.2. The minimum absolute atomic E-state index is 0.0626. The van der Waals surface area contributed by atoms with Crippen molar-refractivity contribution in [2.75, 3.05) is 6.61 Å². The topological polar surface area (TPSA) is 63.6 Å². The summed E-state index contributed by atoms with van der Waals surface area (Å²) < 4.78 is 5.08. The minimum Gasteiger partial charge on any atom is -0.481 e. The van der Waals surface area contributed by atoms with Crippen LogP contribution in [0.15, 0.2) is 30.3 Å². The molecule has 0 radical (unpaired) electrons. The largest absolute Gasteiger partial charge is 0.481 e. The Morgan fingerprint density at radius 2 is 1.89 bits per heavy atom. The van der Waals surface area contributed by atoms with Crippen molar-refractivity contribution in [2.45, 2.75) is 38.5 Å². The van der Waals surface area contributed by atoms with Gasteiger partial charge in [-0.2, -0.15) is 0 Å². The average Bonchev–Trinajstić information content (AvgIpc) is 2.39. The van der Waals surface area contributed by atoms with E-state index in [9.17, 15) is 9.59 Å². The molecule has 0 aromatic heterocycles. The molecule has 1 aromatic carbocycles. The van der Waals surface area contributed by atoms with Gasteiger partial charge in [0.25, 0.3) is 0 Å². The Kier molecular flexibility index (Phi) is 6.64. The van der Waals surface area contributed by atoms with Gasteiger partial charge in [-0.25, -0.2) is 0 Å². The van der Waals surface area contributed by atoms with Crippen LogP contribution < -0.4 is 0 Å². The molecule has 104 valence electrons. The summed E-state index contributed by atoms with van der Waals surface area (Å²) >= 11 is 0. The van der Waals surface area contributed by atoms with E-state index in [1.54, 1.807) is 0 Å². The number of carboxylic acids is 1. The number of esters is 1. The van der Waals surface area contributed by atoms with Crippen molar-refractivity contribution in [3.8, 4) is 0 Å². The molecule has 1 unspecified atom stereocenters. The lowest BCUT2D eigenvalue weighted by molar-refractivity contribution is -0.144.